The Bertz CT molecular complexity index is 1450. The van der Waals surface area contributed by atoms with Gasteiger partial charge in [-0.2, -0.15) is 0 Å². The maximum atomic E-state index is 13.9. The van der Waals surface area contributed by atoms with Crippen LogP contribution in [0, 0.1) is 5.92 Å². The van der Waals surface area contributed by atoms with E-state index in [0.29, 0.717) is 23.0 Å². The molecule has 0 saturated heterocycles. The van der Waals surface area contributed by atoms with E-state index in [-0.39, 0.29) is 54.4 Å². The molecule has 0 heterocycles. The first-order chi connectivity index (χ1) is 19.8. The van der Waals surface area contributed by atoms with Gasteiger partial charge in [-0.25, -0.2) is 8.42 Å². The molecule has 2 amide bonds. The van der Waals surface area contributed by atoms with Crippen LogP contribution in [0.2, 0.25) is 15.1 Å². The summed E-state index contributed by atoms with van der Waals surface area (Å²) in [5.74, 6) is -0.304. The van der Waals surface area contributed by atoms with E-state index < -0.39 is 16.1 Å². The van der Waals surface area contributed by atoms with Gasteiger partial charge < -0.3 is 10.2 Å². The Labute approximate surface area is 263 Å². The van der Waals surface area contributed by atoms with Gasteiger partial charge in [-0.15, -0.1) is 0 Å². The summed E-state index contributed by atoms with van der Waals surface area (Å²) in [4.78, 5) is 29.0. The average molecular weight is 653 g/mol. The molecule has 0 saturated carbocycles. The Kier molecular flexibility index (Phi) is 12.5. The van der Waals surface area contributed by atoms with Gasteiger partial charge in [0.1, 0.15) is 6.04 Å². The molecule has 0 unspecified atom stereocenters. The topological polar surface area (TPSA) is 86.8 Å². The van der Waals surface area contributed by atoms with Gasteiger partial charge in [0.15, 0.2) is 0 Å². The van der Waals surface area contributed by atoms with Crippen molar-refractivity contribution in [3.8, 4) is 0 Å². The molecule has 1 atom stereocenters. The lowest BCUT2D eigenvalue weighted by atomic mass is 10.0. The molecule has 3 rings (SSSR count). The summed E-state index contributed by atoms with van der Waals surface area (Å²) in [5, 5.41) is 4.12. The quantitative estimate of drug-likeness (QED) is 0.213. The number of amides is 2. The first-order valence-electron chi connectivity index (χ1n) is 13.6. The molecule has 0 aliphatic carbocycles. The molecular formula is C31H36Cl3N3O4S. The van der Waals surface area contributed by atoms with E-state index in [0.717, 1.165) is 21.7 Å². The van der Waals surface area contributed by atoms with Gasteiger partial charge in [-0.1, -0.05) is 91.1 Å². The minimum absolute atomic E-state index is 0.000540. The SMILES string of the molecule is CC(C)CNC(=O)[C@H](Cc1ccccc1)N(Cc1ccc(Cl)cc1)C(=O)CCCN(c1cc(Cl)ccc1Cl)S(C)(=O)=O. The Morgan fingerprint density at radius 3 is 2.14 bits per heavy atom. The highest BCUT2D eigenvalue weighted by Gasteiger charge is 2.31. The maximum absolute atomic E-state index is 13.9. The van der Waals surface area contributed by atoms with Crippen LogP contribution in [0.15, 0.2) is 72.8 Å². The van der Waals surface area contributed by atoms with Crippen LogP contribution in [0.5, 0.6) is 0 Å². The van der Waals surface area contributed by atoms with Crippen LogP contribution in [-0.2, 0) is 32.6 Å². The molecule has 0 radical (unpaired) electrons. The van der Waals surface area contributed by atoms with E-state index in [1.807, 2.05) is 56.3 Å². The average Bonchev–Trinajstić information content (AvgIpc) is 2.94. The number of hydrogen-bond donors (Lipinski definition) is 1. The van der Waals surface area contributed by atoms with Gasteiger partial charge in [0, 0.05) is 42.5 Å². The van der Waals surface area contributed by atoms with E-state index in [2.05, 4.69) is 5.32 Å². The normalized spacial score (nSPS) is 12.2. The lowest BCUT2D eigenvalue weighted by Crippen LogP contribution is -2.51. The summed E-state index contributed by atoms with van der Waals surface area (Å²) in [6.45, 7) is 4.66. The monoisotopic (exact) mass is 651 g/mol. The molecule has 0 aromatic heterocycles. The number of anilines is 1. The number of carbonyl (C=O) groups excluding carboxylic acids is 2. The summed E-state index contributed by atoms with van der Waals surface area (Å²) >= 11 is 18.5. The van der Waals surface area contributed by atoms with Gasteiger partial charge in [0.05, 0.1) is 17.0 Å². The van der Waals surface area contributed by atoms with Crippen molar-refractivity contribution < 1.29 is 18.0 Å². The third-order valence-electron chi connectivity index (χ3n) is 6.55. The molecule has 0 fully saturated rings. The van der Waals surface area contributed by atoms with Crippen LogP contribution >= 0.6 is 34.8 Å². The van der Waals surface area contributed by atoms with E-state index in [4.69, 9.17) is 34.8 Å². The van der Waals surface area contributed by atoms with Gasteiger partial charge in [0.25, 0.3) is 0 Å². The first-order valence-corrected chi connectivity index (χ1v) is 16.6. The second-order valence-electron chi connectivity index (χ2n) is 10.5. The number of halogens is 3. The summed E-state index contributed by atoms with van der Waals surface area (Å²) in [6, 6.07) is 20.4. The van der Waals surface area contributed by atoms with Gasteiger partial charge >= 0.3 is 0 Å². The van der Waals surface area contributed by atoms with E-state index in [9.17, 15) is 18.0 Å². The number of rotatable bonds is 14. The predicted octanol–water partition coefficient (Wildman–Crippen LogP) is 6.61. The molecule has 42 heavy (non-hydrogen) atoms. The number of sulfonamides is 1. The largest absolute Gasteiger partial charge is 0.354 e. The molecule has 3 aromatic carbocycles. The maximum Gasteiger partial charge on any atom is 0.243 e. The molecule has 7 nitrogen and oxygen atoms in total. The summed E-state index contributed by atoms with van der Waals surface area (Å²) in [7, 11) is -3.73. The molecule has 0 bridgehead atoms. The zero-order chi connectivity index (χ0) is 30.9. The van der Waals surface area contributed by atoms with E-state index in [1.165, 1.54) is 12.1 Å². The van der Waals surface area contributed by atoms with E-state index in [1.54, 1.807) is 23.1 Å². The fourth-order valence-electron chi connectivity index (χ4n) is 4.42. The van der Waals surface area contributed by atoms with Crippen molar-refractivity contribution in [2.24, 2.45) is 5.92 Å². The van der Waals surface area contributed by atoms with Crippen molar-refractivity contribution in [3.05, 3.63) is 99.0 Å². The molecule has 226 valence electrons. The molecular weight excluding hydrogens is 617 g/mol. The van der Waals surface area contributed by atoms with Gasteiger partial charge in [-0.3, -0.25) is 13.9 Å². The minimum atomic E-state index is -3.73. The second kappa shape index (κ2) is 15.6. The molecule has 0 spiro atoms. The van der Waals surface area contributed by atoms with Crippen molar-refractivity contribution in [1.29, 1.82) is 0 Å². The van der Waals surface area contributed by atoms with Gasteiger partial charge in [-0.05, 0) is 53.8 Å². The Morgan fingerprint density at radius 2 is 1.52 bits per heavy atom. The molecule has 3 aromatic rings. The second-order valence-corrected chi connectivity index (χ2v) is 13.7. The smallest absolute Gasteiger partial charge is 0.243 e. The molecule has 11 heteroatoms. The number of carbonyl (C=O) groups is 2. The van der Waals surface area contributed by atoms with Crippen LogP contribution in [0.1, 0.15) is 37.8 Å². The van der Waals surface area contributed by atoms with Crippen molar-refractivity contribution in [2.45, 2.75) is 45.7 Å². The van der Waals surface area contributed by atoms with Crippen molar-refractivity contribution in [3.63, 3.8) is 0 Å². The number of benzene rings is 3. The highest BCUT2D eigenvalue weighted by molar-refractivity contribution is 7.92. The van der Waals surface area contributed by atoms with Crippen LogP contribution < -0.4 is 9.62 Å². The lowest BCUT2D eigenvalue weighted by Gasteiger charge is -2.32. The molecule has 0 aliphatic heterocycles. The van der Waals surface area contributed by atoms with E-state index >= 15 is 0 Å². The Hall–Kier alpha value is -2.78. The summed E-state index contributed by atoms with van der Waals surface area (Å²) in [5.41, 5.74) is 1.97. The third-order valence-corrected chi connectivity index (χ3v) is 8.54. The van der Waals surface area contributed by atoms with Crippen molar-refractivity contribution >= 4 is 62.3 Å². The highest BCUT2D eigenvalue weighted by Crippen LogP contribution is 2.31. The minimum Gasteiger partial charge on any atom is -0.354 e. The van der Waals surface area contributed by atoms with Crippen molar-refractivity contribution in [1.82, 2.24) is 10.2 Å². The summed E-state index contributed by atoms with van der Waals surface area (Å²) in [6.07, 6.45) is 1.59. The number of hydrogen-bond acceptors (Lipinski definition) is 4. The van der Waals surface area contributed by atoms with Gasteiger partial charge in [0.2, 0.25) is 21.8 Å². The Balaban J connectivity index is 1.89. The summed E-state index contributed by atoms with van der Waals surface area (Å²) < 4.78 is 26.5. The fraction of sp³-hybridized carbons (Fsp3) is 0.355. The zero-order valence-corrected chi connectivity index (χ0v) is 27.0. The Morgan fingerprint density at radius 1 is 0.881 bits per heavy atom. The standard InChI is InChI=1S/C31H36Cl3N3O4S/c1-22(2)20-35-31(39)29(18-23-8-5-4-6-9-23)36(21-24-11-13-25(32)14-12-24)30(38)10-7-17-37(42(3,40)41)28-19-26(33)15-16-27(28)34/h4-6,8-9,11-16,19,22,29H,7,10,17-18,20-21H2,1-3H3,(H,35,39)/t29-/m0/s1. The first kappa shape index (κ1) is 33.7. The van der Waals surface area contributed by atoms with Crippen molar-refractivity contribution in [2.75, 3.05) is 23.7 Å². The zero-order valence-electron chi connectivity index (χ0n) is 23.9. The predicted molar refractivity (Wildman–Crippen MR) is 172 cm³/mol. The highest BCUT2D eigenvalue weighted by atomic mass is 35.5. The van der Waals surface area contributed by atoms with Crippen LogP contribution in [0.3, 0.4) is 0 Å². The van der Waals surface area contributed by atoms with Crippen LogP contribution in [0.25, 0.3) is 0 Å². The fourth-order valence-corrected chi connectivity index (χ4v) is 5.95. The van der Waals surface area contributed by atoms with Crippen LogP contribution in [-0.4, -0.2) is 50.5 Å². The molecule has 0 aliphatic rings. The lowest BCUT2D eigenvalue weighted by molar-refractivity contribution is -0.141. The third kappa shape index (κ3) is 10.2. The number of nitrogens with one attached hydrogen (secondary N) is 1. The molecule has 1 N–H and O–H groups in total. The number of nitrogens with zero attached hydrogens (tertiary/aromatic N) is 2. The van der Waals surface area contributed by atoms with Crippen LogP contribution in [0.4, 0.5) is 5.69 Å².